The van der Waals surface area contributed by atoms with Crippen molar-refractivity contribution in [3.8, 4) is 0 Å². The van der Waals surface area contributed by atoms with E-state index in [2.05, 4.69) is 4.98 Å². The highest BCUT2D eigenvalue weighted by Crippen LogP contribution is 2.44. The van der Waals surface area contributed by atoms with Crippen LogP contribution in [0.25, 0.3) is 0 Å². The van der Waals surface area contributed by atoms with Gasteiger partial charge in [0, 0.05) is 37.7 Å². The molecule has 2 aliphatic heterocycles. The molecule has 5 nitrogen and oxygen atoms in total. The molecule has 0 atom stereocenters. The van der Waals surface area contributed by atoms with Crippen molar-refractivity contribution in [1.82, 2.24) is 9.88 Å². The Balaban J connectivity index is 1.55. The summed E-state index contributed by atoms with van der Waals surface area (Å²) in [6.07, 6.45) is 4.86. The zero-order chi connectivity index (χ0) is 17.4. The van der Waals surface area contributed by atoms with Gasteiger partial charge in [0.1, 0.15) is 10.6 Å². The number of hydrogen-bond acceptors (Lipinski definition) is 5. The van der Waals surface area contributed by atoms with Crippen LogP contribution in [0.1, 0.15) is 39.1 Å². The largest absolute Gasteiger partial charge is 0.450 e. The van der Waals surface area contributed by atoms with Crippen LogP contribution in [0, 0.1) is 0 Å². The molecule has 1 amide bonds. The molecule has 1 aromatic heterocycles. The van der Waals surface area contributed by atoms with Crippen molar-refractivity contribution < 1.29 is 14.3 Å². The van der Waals surface area contributed by atoms with E-state index in [1.165, 1.54) is 11.8 Å². The van der Waals surface area contributed by atoms with Crippen LogP contribution in [0.3, 0.4) is 0 Å². The summed E-state index contributed by atoms with van der Waals surface area (Å²) in [6, 6.07) is 11.2. The number of hydrogen-bond donors (Lipinski definition) is 0. The smallest absolute Gasteiger partial charge is 0.339 e. The number of pyridine rings is 1. The fraction of sp³-hybridized carbons (Fsp3) is 0.316. The molecule has 1 aromatic carbocycles. The summed E-state index contributed by atoms with van der Waals surface area (Å²) in [5.74, 6) is -0.266. The summed E-state index contributed by atoms with van der Waals surface area (Å²) in [6.45, 7) is 1.12. The highest BCUT2D eigenvalue weighted by Gasteiger charge is 2.47. The summed E-state index contributed by atoms with van der Waals surface area (Å²) < 4.78 is 5.75. The van der Waals surface area contributed by atoms with Crippen LogP contribution in [-0.2, 0) is 10.3 Å². The van der Waals surface area contributed by atoms with Crippen LogP contribution < -0.4 is 0 Å². The minimum Gasteiger partial charge on any atom is -0.450 e. The Bertz CT molecular complexity index is 844. The number of thioether (sulfide) groups is 1. The highest BCUT2D eigenvalue weighted by atomic mass is 32.2. The standard InChI is InChI=1S/C19H18N2O3S/c1-25-16-14(6-4-10-20-16)17(22)21-11-8-19(9-12-21)15-7-3-2-5-13(15)18(23)24-19/h2-7,10H,8-9,11-12H2,1H3. The Kier molecular flexibility index (Phi) is 4.00. The van der Waals surface area contributed by atoms with Gasteiger partial charge in [-0.05, 0) is 24.5 Å². The lowest BCUT2D eigenvalue weighted by Gasteiger charge is -2.38. The predicted octanol–water partition coefficient (Wildman–Crippen LogP) is 3.11. The van der Waals surface area contributed by atoms with Crippen molar-refractivity contribution in [2.75, 3.05) is 19.3 Å². The van der Waals surface area contributed by atoms with Crippen LogP contribution in [0.5, 0.6) is 0 Å². The maximum atomic E-state index is 12.9. The number of aromatic nitrogens is 1. The van der Waals surface area contributed by atoms with Crippen LogP contribution >= 0.6 is 11.8 Å². The molecule has 0 N–H and O–H groups in total. The number of benzene rings is 1. The third-order valence-corrected chi connectivity index (χ3v) is 5.69. The van der Waals surface area contributed by atoms with Crippen molar-refractivity contribution in [1.29, 1.82) is 0 Å². The van der Waals surface area contributed by atoms with E-state index < -0.39 is 5.60 Å². The lowest BCUT2D eigenvalue weighted by Crippen LogP contribution is -2.45. The molecule has 0 unspecified atom stereocenters. The van der Waals surface area contributed by atoms with E-state index in [0.29, 0.717) is 37.1 Å². The Morgan fingerprint density at radius 1 is 1.20 bits per heavy atom. The first-order chi connectivity index (χ1) is 12.1. The van der Waals surface area contributed by atoms with Gasteiger partial charge in [-0.25, -0.2) is 9.78 Å². The number of esters is 1. The molecule has 6 heteroatoms. The van der Waals surface area contributed by atoms with Gasteiger partial charge in [0.15, 0.2) is 0 Å². The Morgan fingerprint density at radius 3 is 2.72 bits per heavy atom. The molecule has 1 fully saturated rings. The second kappa shape index (κ2) is 6.19. The Hall–Kier alpha value is -2.34. The Morgan fingerprint density at radius 2 is 1.96 bits per heavy atom. The van der Waals surface area contributed by atoms with Crippen molar-refractivity contribution >= 4 is 23.6 Å². The number of carbonyl (C=O) groups excluding carboxylic acids is 2. The highest BCUT2D eigenvalue weighted by molar-refractivity contribution is 7.98. The number of nitrogens with zero attached hydrogens (tertiary/aromatic N) is 2. The topological polar surface area (TPSA) is 59.5 Å². The summed E-state index contributed by atoms with van der Waals surface area (Å²) in [5, 5.41) is 0.741. The van der Waals surface area contributed by atoms with E-state index in [0.717, 1.165) is 10.6 Å². The maximum Gasteiger partial charge on any atom is 0.339 e. The van der Waals surface area contributed by atoms with Gasteiger partial charge in [0.25, 0.3) is 5.91 Å². The monoisotopic (exact) mass is 354 g/mol. The second-order valence-electron chi connectivity index (χ2n) is 6.28. The third kappa shape index (κ3) is 2.61. The van der Waals surface area contributed by atoms with Gasteiger partial charge in [0.05, 0.1) is 11.1 Å². The molecular weight excluding hydrogens is 336 g/mol. The van der Waals surface area contributed by atoms with Gasteiger partial charge in [-0.1, -0.05) is 18.2 Å². The molecule has 3 heterocycles. The molecule has 1 saturated heterocycles. The van der Waals surface area contributed by atoms with Gasteiger partial charge in [-0.3, -0.25) is 4.79 Å². The average molecular weight is 354 g/mol. The quantitative estimate of drug-likeness (QED) is 0.613. The van der Waals surface area contributed by atoms with E-state index >= 15 is 0 Å². The summed E-state index contributed by atoms with van der Waals surface area (Å²) in [4.78, 5) is 31.1. The number of amides is 1. The first kappa shape index (κ1) is 16.1. The molecule has 25 heavy (non-hydrogen) atoms. The normalized spacial score (nSPS) is 18.1. The molecule has 128 valence electrons. The summed E-state index contributed by atoms with van der Waals surface area (Å²) in [5.41, 5.74) is 1.66. The molecule has 4 rings (SSSR count). The molecule has 2 aromatic rings. The number of ether oxygens (including phenoxy) is 1. The lowest BCUT2D eigenvalue weighted by molar-refractivity contribution is -0.0390. The van der Waals surface area contributed by atoms with Gasteiger partial charge >= 0.3 is 5.97 Å². The fourth-order valence-electron chi connectivity index (χ4n) is 3.67. The molecule has 0 aliphatic carbocycles. The first-order valence-electron chi connectivity index (χ1n) is 8.26. The van der Waals surface area contributed by atoms with Crippen molar-refractivity contribution in [3.63, 3.8) is 0 Å². The van der Waals surface area contributed by atoms with Crippen LogP contribution in [0.4, 0.5) is 0 Å². The molecule has 2 aliphatic rings. The van der Waals surface area contributed by atoms with Crippen LogP contribution in [0.2, 0.25) is 0 Å². The predicted molar refractivity (Wildman–Crippen MR) is 94.7 cm³/mol. The van der Waals surface area contributed by atoms with Crippen molar-refractivity contribution in [2.24, 2.45) is 0 Å². The van der Waals surface area contributed by atoms with Gasteiger partial charge in [-0.2, -0.15) is 0 Å². The van der Waals surface area contributed by atoms with E-state index in [-0.39, 0.29) is 11.9 Å². The first-order valence-corrected chi connectivity index (χ1v) is 9.48. The van der Waals surface area contributed by atoms with E-state index in [9.17, 15) is 9.59 Å². The average Bonchev–Trinajstić information content (AvgIpc) is 2.94. The van der Waals surface area contributed by atoms with E-state index in [1.54, 1.807) is 12.3 Å². The fourth-order valence-corrected chi connectivity index (χ4v) is 4.22. The molecule has 0 radical (unpaired) electrons. The molecular formula is C19H18N2O3S. The second-order valence-corrected chi connectivity index (χ2v) is 7.08. The van der Waals surface area contributed by atoms with Gasteiger partial charge in [0.2, 0.25) is 0 Å². The minimum atomic E-state index is -0.582. The number of likely N-dealkylation sites (tertiary alicyclic amines) is 1. The SMILES string of the molecule is CSc1ncccc1C(=O)N1CCC2(CC1)OC(=O)c1ccccc12. The third-order valence-electron chi connectivity index (χ3n) is 4.98. The van der Waals surface area contributed by atoms with E-state index in [4.69, 9.17) is 4.74 Å². The molecule has 1 spiro atoms. The van der Waals surface area contributed by atoms with Crippen molar-refractivity contribution in [3.05, 3.63) is 59.3 Å². The van der Waals surface area contributed by atoms with E-state index in [1.807, 2.05) is 41.5 Å². The zero-order valence-electron chi connectivity index (χ0n) is 13.9. The van der Waals surface area contributed by atoms with Crippen LogP contribution in [-0.4, -0.2) is 41.1 Å². The van der Waals surface area contributed by atoms with Crippen molar-refractivity contribution in [2.45, 2.75) is 23.5 Å². The molecule has 0 bridgehead atoms. The zero-order valence-corrected chi connectivity index (χ0v) is 14.7. The number of piperidine rings is 1. The van der Waals surface area contributed by atoms with Gasteiger partial charge in [-0.15, -0.1) is 11.8 Å². The Labute approximate surface area is 150 Å². The van der Waals surface area contributed by atoms with Gasteiger partial charge < -0.3 is 9.64 Å². The minimum absolute atomic E-state index is 0.00934. The number of fused-ring (bicyclic) bond motifs is 2. The number of rotatable bonds is 2. The summed E-state index contributed by atoms with van der Waals surface area (Å²) in [7, 11) is 0. The summed E-state index contributed by atoms with van der Waals surface area (Å²) >= 11 is 1.47. The number of carbonyl (C=O) groups is 2. The molecule has 0 saturated carbocycles. The lowest BCUT2D eigenvalue weighted by atomic mass is 9.83. The van der Waals surface area contributed by atoms with Crippen LogP contribution in [0.15, 0.2) is 47.6 Å². The maximum absolute atomic E-state index is 12.9.